The van der Waals surface area contributed by atoms with Gasteiger partial charge in [0.1, 0.15) is 18.2 Å². The summed E-state index contributed by atoms with van der Waals surface area (Å²) in [5.74, 6) is 0. The van der Waals surface area contributed by atoms with E-state index in [2.05, 4.69) is 106 Å². The highest BCUT2D eigenvalue weighted by Gasteiger charge is 2.22. The Morgan fingerprint density at radius 2 is 1.55 bits per heavy atom. The van der Waals surface area contributed by atoms with Gasteiger partial charge in [-0.3, -0.25) is 0 Å². The highest BCUT2D eigenvalue weighted by Crippen LogP contribution is 2.37. The van der Waals surface area contributed by atoms with Gasteiger partial charge in [0, 0.05) is 28.5 Å². The van der Waals surface area contributed by atoms with Crippen LogP contribution in [0.1, 0.15) is 31.9 Å². The predicted octanol–water partition coefficient (Wildman–Crippen LogP) is 6.84. The van der Waals surface area contributed by atoms with Crippen LogP contribution in [0.5, 0.6) is 0 Å². The molecule has 0 fully saturated rings. The number of benzene rings is 3. The van der Waals surface area contributed by atoms with E-state index in [0.717, 1.165) is 11.2 Å². The molecule has 144 valence electrons. The molecule has 0 radical (unpaired) electrons. The van der Waals surface area contributed by atoms with Crippen LogP contribution < -0.4 is 4.57 Å². The number of nitrogens with zero attached hydrogens (tertiary/aromatic N) is 1. The molecule has 0 atom stereocenters. The fourth-order valence-corrected chi connectivity index (χ4v) is 4.24. The number of aryl methyl sites for hydroxylation is 2. The molecule has 0 N–H and O–H groups in total. The zero-order valence-electron chi connectivity index (χ0n) is 17.7. The summed E-state index contributed by atoms with van der Waals surface area (Å²) in [4.78, 5) is 0. The maximum atomic E-state index is 6.38. The first-order valence-corrected chi connectivity index (χ1v) is 10.2. The molecule has 0 saturated carbocycles. The molecule has 2 heterocycles. The van der Waals surface area contributed by atoms with Crippen LogP contribution in [0.15, 0.2) is 71.3 Å². The van der Waals surface area contributed by atoms with Gasteiger partial charge < -0.3 is 4.42 Å². The number of aromatic nitrogens is 1. The van der Waals surface area contributed by atoms with E-state index in [4.69, 9.17) is 4.42 Å². The molecule has 0 aliphatic heterocycles. The van der Waals surface area contributed by atoms with Crippen LogP contribution in [0.4, 0.5) is 0 Å². The van der Waals surface area contributed by atoms with Gasteiger partial charge in [-0.2, -0.15) is 0 Å². The van der Waals surface area contributed by atoms with Crippen molar-refractivity contribution in [1.82, 2.24) is 0 Å². The van der Waals surface area contributed by atoms with Gasteiger partial charge in [-0.1, -0.05) is 45.0 Å². The Labute approximate surface area is 171 Å². The first kappa shape index (κ1) is 17.9. The third-order valence-corrected chi connectivity index (χ3v) is 6.05. The van der Waals surface area contributed by atoms with Crippen molar-refractivity contribution in [2.45, 2.75) is 33.1 Å². The Bertz CT molecular complexity index is 1400. The number of hydrogen-bond donors (Lipinski definition) is 0. The Kier molecular flexibility index (Phi) is 3.82. The van der Waals surface area contributed by atoms with E-state index in [1.54, 1.807) is 0 Å². The highest BCUT2D eigenvalue weighted by atomic mass is 16.3. The van der Waals surface area contributed by atoms with Crippen molar-refractivity contribution in [2.75, 3.05) is 0 Å². The van der Waals surface area contributed by atoms with E-state index in [-0.39, 0.29) is 5.41 Å². The number of fused-ring (bicyclic) bond motifs is 4. The van der Waals surface area contributed by atoms with Gasteiger partial charge in [0.15, 0.2) is 6.20 Å². The van der Waals surface area contributed by atoms with Crippen LogP contribution in [0.2, 0.25) is 0 Å². The number of pyridine rings is 1. The molecule has 5 aromatic rings. The average Bonchev–Trinajstić information content (AvgIpc) is 3.05. The van der Waals surface area contributed by atoms with Crippen LogP contribution in [-0.4, -0.2) is 0 Å². The Morgan fingerprint density at radius 3 is 2.28 bits per heavy atom. The summed E-state index contributed by atoms with van der Waals surface area (Å²) < 4.78 is 8.58. The van der Waals surface area contributed by atoms with Gasteiger partial charge in [0.25, 0.3) is 0 Å². The van der Waals surface area contributed by atoms with Crippen molar-refractivity contribution < 1.29 is 8.98 Å². The van der Waals surface area contributed by atoms with Crippen LogP contribution >= 0.6 is 0 Å². The van der Waals surface area contributed by atoms with Gasteiger partial charge in [0.05, 0.1) is 5.56 Å². The molecular weight excluding hydrogens is 354 g/mol. The second-order valence-electron chi connectivity index (χ2n) is 9.07. The Balaban J connectivity index is 1.78. The molecule has 0 unspecified atom stereocenters. The fourth-order valence-electron chi connectivity index (χ4n) is 4.24. The quantitative estimate of drug-likeness (QED) is 0.291. The van der Waals surface area contributed by atoms with E-state index < -0.39 is 0 Å². The molecule has 29 heavy (non-hydrogen) atoms. The molecule has 0 aliphatic rings. The van der Waals surface area contributed by atoms with Gasteiger partial charge in [0.2, 0.25) is 5.69 Å². The summed E-state index contributed by atoms with van der Waals surface area (Å²) in [5.41, 5.74) is 6.99. The summed E-state index contributed by atoms with van der Waals surface area (Å²) >= 11 is 0. The molecule has 0 spiro atoms. The molecule has 3 aromatic carbocycles. The summed E-state index contributed by atoms with van der Waals surface area (Å²) in [6, 6.07) is 21.8. The van der Waals surface area contributed by atoms with Crippen molar-refractivity contribution in [3.63, 3.8) is 0 Å². The molecule has 2 nitrogen and oxygen atoms in total. The SMILES string of the molecule is Cc1c(-c2cc(C(C)(C)C)cc[n+]2C)ccc2c1oc1cc3ccccc3cc12. The van der Waals surface area contributed by atoms with Crippen LogP contribution in [0.3, 0.4) is 0 Å². The Hall–Kier alpha value is -3.13. The van der Waals surface area contributed by atoms with Gasteiger partial charge >= 0.3 is 0 Å². The monoisotopic (exact) mass is 380 g/mol. The van der Waals surface area contributed by atoms with Crippen LogP contribution in [-0.2, 0) is 12.5 Å². The van der Waals surface area contributed by atoms with Gasteiger partial charge in [-0.05, 0) is 52.9 Å². The summed E-state index contributed by atoms with van der Waals surface area (Å²) in [6.45, 7) is 8.94. The average molecular weight is 381 g/mol. The minimum Gasteiger partial charge on any atom is -0.456 e. The van der Waals surface area contributed by atoms with E-state index in [1.807, 2.05) is 0 Å². The number of furan rings is 1. The molecular formula is C27H26NO+. The van der Waals surface area contributed by atoms with Crippen molar-refractivity contribution in [1.29, 1.82) is 0 Å². The van der Waals surface area contributed by atoms with Crippen molar-refractivity contribution in [3.05, 3.63) is 78.0 Å². The lowest BCUT2D eigenvalue weighted by Crippen LogP contribution is -2.31. The lowest BCUT2D eigenvalue weighted by molar-refractivity contribution is -0.660. The van der Waals surface area contributed by atoms with E-state index in [1.165, 1.54) is 43.9 Å². The number of rotatable bonds is 1. The van der Waals surface area contributed by atoms with Gasteiger partial charge in [-0.25, -0.2) is 4.57 Å². The third-order valence-electron chi connectivity index (χ3n) is 6.05. The minimum atomic E-state index is 0.112. The Morgan fingerprint density at radius 1 is 0.828 bits per heavy atom. The molecule has 2 heteroatoms. The van der Waals surface area contributed by atoms with Crippen LogP contribution in [0.25, 0.3) is 44.0 Å². The minimum absolute atomic E-state index is 0.112. The second kappa shape index (κ2) is 6.18. The number of hydrogen-bond acceptors (Lipinski definition) is 1. The molecule has 5 rings (SSSR count). The maximum absolute atomic E-state index is 6.38. The molecule has 0 amide bonds. The standard InChI is InChI=1S/C27H26NO/c1-17-21(24-16-20(27(2,3)4)12-13-28(24)5)10-11-22-23-14-18-8-6-7-9-19(18)15-25(23)29-26(17)22/h6-16H,1-5H3/q+1. The largest absolute Gasteiger partial charge is 0.456 e. The smallest absolute Gasteiger partial charge is 0.212 e. The lowest BCUT2D eigenvalue weighted by atomic mass is 9.86. The van der Waals surface area contributed by atoms with Crippen LogP contribution in [0, 0.1) is 6.92 Å². The van der Waals surface area contributed by atoms with E-state index >= 15 is 0 Å². The fraction of sp³-hybridized carbons (Fsp3) is 0.222. The second-order valence-corrected chi connectivity index (χ2v) is 9.07. The molecule has 0 saturated heterocycles. The summed E-state index contributed by atoms with van der Waals surface area (Å²) in [7, 11) is 2.11. The normalized spacial score (nSPS) is 12.3. The zero-order chi connectivity index (χ0) is 20.3. The molecule has 2 aromatic heterocycles. The predicted molar refractivity (Wildman–Crippen MR) is 121 cm³/mol. The first-order valence-electron chi connectivity index (χ1n) is 10.2. The highest BCUT2D eigenvalue weighted by molar-refractivity contribution is 6.11. The summed E-state index contributed by atoms with van der Waals surface area (Å²) in [6.07, 6.45) is 2.16. The van der Waals surface area contributed by atoms with E-state index in [0.29, 0.717) is 0 Å². The van der Waals surface area contributed by atoms with Crippen molar-refractivity contribution in [3.8, 4) is 11.3 Å². The lowest BCUT2D eigenvalue weighted by Gasteiger charge is -2.19. The topological polar surface area (TPSA) is 17.0 Å². The van der Waals surface area contributed by atoms with Gasteiger partial charge in [-0.15, -0.1) is 0 Å². The zero-order valence-corrected chi connectivity index (χ0v) is 17.7. The summed E-state index contributed by atoms with van der Waals surface area (Å²) in [5, 5.41) is 4.82. The van der Waals surface area contributed by atoms with Crippen molar-refractivity contribution >= 4 is 32.7 Å². The van der Waals surface area contributed by atoms with E-state index in [9.17, 15) is 0 Å². The first-order chi connectivity index (χ1) is 13.8. The third kappa shape index (κ3) is 2.82. The van der Waals surface area contributed by atoms with Crippen molar-refractivity contribution in [2.24, 2.45) is 7.05 Å². The molecule has 0 bridgehead atoms. The maximum Gasteiger partial charge on any atom is 0.212 e. The molecule has 0 aliphatic carbocycles.